The van der Waals surface area contributed by atoms with E-state index in [9.17, 15) is 18.8 Å². The lowest BCUT2D eigenvalue weighted by molar-refractivity contribution is -0.140. The number of unbranched alkanes of at least 4 members (excludes halogenated alkanes) is 2. The number of carbonyl (C=O) groups excluding carboxylic acids is 3. The second-order valence-corrected chi connectivity index (χ2v) is 10.3. The van der Waals surface area contributed by atoms with Crippen LogP contribution in [0.15, 0.2) is 24.3 Å². The van der Waals surface area contributed by atoms with E-state index in [1.165, 1.54) is 29.2 Å². The number of rotatable bonds is 7. The highest BCUT2D eigenvalue weighted by Crippen LogP contribution is 2.60. The SMILES string of the molecule is O=C(CCCCCN1C(=O)[C@@H]2[C@@H]3C[C@@H]([C@@H](Br)[C@@H]3Br)[C@@H]2C1=O)Nc1ccc(F)cc1. The lowest BCUT2D eigenvalue weighted by Gasteiger charge is -2.28. The highest BCUT2D eigenvalue weighted by Gasteiger charge is 2.66. The average Bonchev–Trinajstić information content (AvgIpc) is 3.29. The summed E-state index contributed by atoms with van der Waals surface area (Å²) in [6.45, 7) is 0.434. The molecule has 0 unspecified atom stereocenters. The van der Waals surface area contributed by atoms with E-state index in [-0.39, 0.29) is 56.9 Å². The summed E-state index contributed by atoms with van der Waals surface area (Å²) in [7, 11) is 0. The van der Waals surface area contributed by atoms with Crippen LogP contribution in [0, 0.1) is 29.5 Å². The smallest absolute Gasteiger partial charge is 0.233 e. The third kappa shape index (κ3) is 3.90. The minimum absolute atomic E-state index is 0.00889. The maximum atomic E-state index is 12.9. The second-order valence-electron chi connectivity index (χ2n) is 8.20. The van der Waals surface area contributed by atoms with Crippen molar-refractivity contribution in [3.05, 3.63) is 30.1 Å². The Morgan fingerprint density at radius 1 is 1.00 bits per heavy atom. The van der Waals surface area contributed by atoms with Gasteiger partial charge in [-0.1, -0.05) is 38.3 Å². The Labute approximate surface area is 186 Å². The predicted molar refractivity (Wildman–Crippen MR) is 114 cm³/mol. The molecule has 3 amide bonds. The molecule has 5 nitrogen and oxygen atoms in total. The maximum absolute atomic E-state index is 12.9. The summed E-state index contributed by atoms with van der Waals surface area (Å²) in [6.07, 6.45) is 3.43. The summed E-state index contributed by atoms with van der Waals surface area (Å²) < 4.78 is 12.9. The summed E-state index contributed by atoms with van der Waals surface area (Å²) in [5.41, 5.74) is 0.570. The number of amides is 3. The molecule has 2 bridgehead atoms. The molecule has 1 aromatic carbocycles. The van der Waals surface area contributed by atoms with Crippen molar-refractivity contribution in [2.45, 2.75) is 41.8 Å². The largest absolute Gasteiger partial charge is 0.326 e. The van der Waals surface area contributed by atoms with Gasteiger partial charge in [0.2, 0.25) is 17.7 Å². The number of likely N-dealkylation sites (tertiary alicyclic amines) is 1. The van der Waals surface area contributed by atoms with Gasteiger partial charge in [0.15, 0.2) is 0 Å². The summed E-state index contributed by atoms with van der Waals surface area (Å²) in [4.78, 5) is 39.6. The van der Waals surface area contributed by atoms with Crippen LogP contribution in [-0.4, -0.2) is 38.8 Å². The van der Waals surface area contributed by atoms with Gasteiger partial charge >= 0.3 is 0 Å². The molecule has 1 saturated heterocycles. The first-order valence-electron chi connectivity index (χ1n) is 10.1. The fraction of sp³-hybridized carbons (Fsp3) is 0.571. The van der Waals surface area contributed by atoms with E-state index in [4.69, 9.17) is 0 Å². The van der Waals surface area contributed by atoms with Gasteiger partial charge in [-0.05, 0) is 55.4 Å². The highest BCUT2D eigenvalue weighted by atomic mass is 79.9. The van der Waals surface area contributed by atoms with Crippen LogP contribution in [-0.2, 0) is 14.4 Å². The molecular weight excluding hydrogens is 507 g/mol. The van der Waals surface area contributed by atoms with E-state index in [1.54, 1.807) is 0 Å². The number of halogens is 3. The number of nitrogens with zero attached hydrogens (tertiary/aromatic N) is 1. The lowest BCUT2D eigenvalue weighted by Crippen LogP contribution is -2.37. The molecule has 8 heteroatoms. The van der Waals surface area contributed by atoms with Gasteiger partial charge in [-0.25, -0.2) is 4.39 Å². The standard InChI is InChI=1S/C21H23Br2FN2O3/c22-18-13-10-14(19(18)23)17-16(13)20(28)26(21(17)29)9-3-1-2-4-15(27)25-12-7-5-11(24)6-8-12/h5-8,13-14,16-19H,1-4,9-10H2,(H,25,27)/t13-,14+,16+,17-,18-,19-/m1/s1. The molecule has 1 aromatic rings. The molecule has 29 heavy (non-hydrogen) atoms. The quantitative estimate of drug-likeness (QED) is 0.328. The van der Waals surface area contributed by atoms with Gasteiger partial charge < -0.3 is 5.32 Å². The normalized spacial score (nSPS) is 32.7. The molecule has 0 aromatic heterocycles. The van der Waals surface area contributed by atoms with E-state index >= 15 is 0 Å². The van der Waals surface area contributed by atoms with E-state index in [0.29, 0.717) is 31.5 Å². The fourth-order valence-electron chi connectivity index (χ4n) is 5.12. The number of anilines is 1. The second kappa shape index (κ2) is 8.46. The number of nitrogens with one attached hydrogen (secondary N) is 1. The van der Waals surface area contributed by atoms with Crippen molar-refractivity contribution in [1.29, 1.82) is 0 Å². The van der Waals surface area contributed by atoms with Crippen molar-refractivity contribution in [2.75, 3.05) is 11.9 Å². The zero-order valence-electron chi connectivity index (χ0n) is 15.8. The van der Waals surface area contributed by atoms with Crippen LogP contribution in [0.4, 0.5) is 10.1 Å². The first-order chi connectivity index (χ1) is 13.9. The van der Waals surface area contributed by atoms with E-state index < -0.39 is 0 Å². The molecule has 2 saturated carbocycles. The van der Waals surface area contributed by atoms with Crippen LogP contribution in [0.5, 0.6) is 0 Å². The summed E-state index contributed by atoms with van der Waals surface area (Å²) >= 11 is 7.39. The fourth-order valence-corrected chi connectivity index (χ4v) is 6.99. The number of imide groups is 1. The Hall–Kier alpha value is -1.28. The van der Waals surface area contributed by atoms with Crippen molar-refractivity contribution in [1.82, 2.24) is 4.90 Å². The molecule has 156 valence electrons. The molecule has 0 radical (unpaired) electrons. The van der Waals surface area contributed by atoms with E-state index in [2.05, 4.69) is 37.2 Å². The van der Waals surface area contributed by atoms with Crippen LogP contribution in [0.2, 0.25) is 0 Å². The molecule has 6 atom stereocenters. The summed E-state index contributed by atoms with van der Waals surface area (Å²) in [5.74, 6) is -0.320. The van der Waals surface area contributed by atoms with E-state index in [0.717, 1.165) is 12.8 Å². The molecule has 3 fully saturated rings. The molecule has 2 aliphatic carbocycles. The third-order valence-corrected chi connectivity index (χ3v) is 9.70. The molecule has 3 aliphatic rings. The number of alkyl halides is 2. The van der Waals surface area contributed by atoms with Crippen molar-refractivity contribution in [2.24, 2.45) is 23.7 Å². The Bertz CT molecular complexity index is 787. The van der Waals surface area contributed by atoms with Gasteiger partial charge in [-0.15, -0.1) is 0 Å². The highest BCUT2D eigenvalue weighted by molar-refractivity contribution is 9.12. The predicted octanol–water partition coefficient (Wildman–Crippen LogP) is 4.10. The minimum atomic E-state index is -0.343. The molecule has 4 rings (SSSR count). The Balaban J connectivity index is 1.20. The average molecular weight is 530 g/mol. The Morgan fingerprint density at radius 2 is 1.59 bits per heavy atom. The van der Waals surface area contributed by atoms with Gasteiger partial charge in [0, 0.05) is 28.3 Å². The minimum Gasteiger partial charge on any atom is -0.326 e. The van der Waals surface area contributed by atoms with Crippen LogP contribution < -0.4 is 5.32 Å². The van der Waals surface area contributed by atoms with Gasteiger partial charge in [0.1, 0.15) is 5.82 Å². The Kier molecular flexibility index (Phi) is 6.11. The number of hydrogen-bond acceptors (Lipinski definition) is 3. The van der Waals surface area contributed by atoms with Gasteiger partial charge in [0.05, 0.1) is 11.8 Å². The van der Waals surface area contributed by atoms with Crippen molar-refractivity contribution >= 4 is 55.3 Å². The molecule has 1 heterocycles. The molecule has 0 spiro atoms. The topological polar surface area (TPSA) is 66.5 Å². The van der Waals surface area contributed by atoms with Gasteiger partial charge in [-0.3, -0.25) is 19.3 Å². The summed E-state index contributed by atoms with van der Waals surface area (Å²) in [6, 6.07) is 5.65. The number of carbonyl (C=O) groups is 3. The third-order valence-electron chi connectivity index (χ3n) is 6.49. The molecular formula is C21H23Br2FN2O3. The first kappa shape index (κ1) is 21.0. The maximum Gasteiger partial charge on any atom is 0.233 e. The summed E-state index contributed by atoms with van der Waals surface area (Å²) in [5, 5.41) is 2.73. The van der Waals surface area contributed by atoms with Gasteiger partial charge in [-0.2, -0.15) is 0 Å². The molecule has 1 aliphatic heterocycles. The van der Waals surface area contributed by atoms with Crippen molar-refractivity contribution in [3.8, 4) is 0 Å². The van der Waals surface area contributed by atoms with Crippen molar-refractivity contribution < 1.29 is 18.8 Å². The van der Waals surface area contributed by atoms with Crippen LogP contribution in [0.3, 0.4) is 0 Å². The number of benzene rings is 1. The number of fused-ring (bicyclic) bond motifs is 5. The van der Waals surface area contributed by atoms with Crippen LogP contribution in [0.1, 0.15) is 32.1 Å². The van der Waals surface area contributed by atoms with Crippen LogP contribution >= 0.6 is 31.9 Å². The first-order valence-corrected chi connectivity index (χ1v) is 11.9. The van der Waals surface area contributed by atoms with E-state index in [1.807, 2.05) is 0 Å². The zero-order valence-corrected chi connectivity index (χ0v) is 19.0. The zero-order chi connectivity index (χ0) is 20.7. The van der Waals surface area contributed by atoms with Crippen LogP contribution in [0.25, 0.3) is 0 Å². The molecule has 1 N–H and O–H groups in total. The Morgan fingerprint density at radius 3 is 2.17 bits per heavy atom. The van der Waals surface area contributed by atoms with Gasteiger partial charge in [0.25, 0.3) is 0 Å². The lowest BCUT2D eigenvalue weighted by atomic mass is 9.81. The monoisotopic (exact) mass is 528 g/mol. The number of hydrogen-bond donors (Lipinski definition) is 1. The van der Waals surface area contributed by atoms with Crippen molar-refractivity contribution in [3.63, 3.8) is 0 Å².